The van der Waals surface area contributed by atoms with Gasteiger partial charge in [-0.25, -0.2) is 0 Å². The van der Waals surface area contributed by atoms with Crippen LogP contribution in [0, 0.1) is 5.92 Å². The van der Waals surface area contributed by atoms with E-state index in [1.807, 2.05) is 18.2 Å². The van der Waals surface area contributed by atoms with Gasteiger partial charge < -0.3 is 20.1 Å². The van der Waals surface area contributed by atoms with Gasteiger partial charge in [0.15, 0.2) is 18.0 Å². The number of benzene rings is 2. The highest BCUT2D eigenvalue weighted by Gasteiger charge is 2.21. The average molecular weight is 384 g/mol. The molecule has 1 amide bonds. The van der Waals surface area contributed by atoms with Crippen molar-refractivity contribution in [3.63, 3.8) is 0 Å². The Balaban J connectivity index is 1.52. The van der Waals surface area contributed by atoms with Gasteiger partial charge in [0, 0.05) is 18.0 Å². The van der Waals surface area contributed by atoms with E-state index < -0.39 is 0 Å². The van der Waals surface area contributed by atoms with Crippen molar-refractivity contribution in [3.8, 4) is 11.5 Å². The monoisotopic (exact) mass is 383 g/mol. The minimum Gasteiger partial charge on any atom is -0.454 e. The normalized spacial score (nSPS) is 13.8. The summed E-state index contributed by atoms with van der Waals surface area (Å²) in [7, 11) is 0. The highest BCUT2D eigenvalue weighted by atomic mass is 16.7. The van der Waals surface area contributed by atoms with Crippen LogP contribution in [-0.4, -0.2) is 19.2 Å². The van der Waals surface area contributed by atoms with Crippen LogP contribution in [0.4, 0.5) is 0 Å². The number of hydrogen-bond acceptors (Lipinski definition) is 3. The fourth-order valence-electron chi connectivity index (χ4n) is 3.45. The Kier molecular flexibility index (Phi) is 6.57. The number of amides is 1. The summed E-state index contributed by atoms with van der Waals surface area (Å²) >= 11 is 0. The van der Waals surface area contributed by atoms with Crippen molar-refractivity contribution >= 4 is 5.91 Å². The number of rotatable bonds is 8. The molecule has 0 aromatic heterocycles. The predicted octanol–water partition coefficient (Wildman–Crippen LogP) is 3.12. The zero-order chi connectivity index (χ0) is 20.1. The fraction of sp³-hybridized carbons (Fsp3) is 0.435. The third-order valence-electron chi connectivity index (χ3n) is 5.19. The second-order valence-electron chi connectivity index (χ2n) is 8.00. The summed E-state index contributed by atoms with van der Waals surface area (Å²) in [5.74, 6) is 2.49. The Morgan fingerprint density at radius 3 is 2.36 bits per heavy atom. The second-order valence-corrected chi connectivity index (χ2v) is 8.00. The van der Waals surface area contributed by atoms with E-state index >= 15 is 0 Å². The predicted molar refractivity (Wildman–Crippen MR) is 109 cm³/mol. The third-order valence-corrected chi connectivity index (χ3v) is 5.19. The Labute approximate surface area is 167 Å². The van der Waals surface area contributed by atoms with Gasteiger partial charge in [0.05, 0.1) is 0 Å². The summed E-state index contributed by atoms with van der Waals surface area (Å²) in [5, 5.41) is 5.12. The molecule has 28 heavy (non-hydrogen) atoms. The Morgan fingerprint density at radius 2 is 1.68 bits per heavy atom. The van der Waals surface area contributed by atoms with Crippen molar-refractivity contribution in [1.82, 2.24) is 5.32 Å². The number of fused-ring (bicyclic) bond motifs is 1. The van der Waals surface area contributed by atoms with Gasteiger partial charge in [-0.3, -0.25) is 4.79 Å². The van der Waals surface area contributed by atoms with E-state index in [1.165, 1.54) is 11.1 Å². The molecule has 1 aliphatic rings. The molecule has 150 valence electrons. The molecule has 0 radical (unpaired) electrons. The number of carbonyl (C=O) groups excluding carboxylic acids is 1. The maximum atomic E-state index is 12.4. The molecule has 0 saturated heterocycles. The zero-order valence-electron chi connectivity index (χ0n) is 17.2. The maximum absolute atomic E-state index is 12.4. The average Bonchev–Trinajstić information content (AvgIpc) is 3.14. The van der Waals surface area contributed by atoms with Crippen molar-refractivity contribution in [2.45, 2.75) is 46.2 Å². The van der Waals surface area contributed by atoms with Gasteiger partial charge in [-0.05, 0) is 29.2 Å². The largest absolute Gasteiger partial charge is 0.454 e. The highest BCUT2D eigenvalue weighted by Crippen LogP contribution is 2.32. The summed E-state index contributed by atoms with van der Waals surface area (Å²) < 4.78 is 10.7. The molecule has 0 spiro atoms. The molecule has 0 fully saturated rings. The standard InChI is InChI=1S/C23H30N2O3/c1-15(2)18-6-8-19(9-7-18)23(16(3)4)25-13-22(26)24-12-17-5-10-20-21(11-17)28-14-27-20/h5-11,15-16,23,25H,12-14H2,1-4H3,(H,24,26)/p+1/t23-/m0/s1. The Morgan fingerprint density at radius 1 is 1.00 bits per heavy atom. The van der Waals surface area contributed by atoms with E-state index in [0.29, 0.717) is 24.9 Å². The van der Waals surface area contributed by atoms with Crippen LogP contribution in [0.15, 0.2) is 42.5 Å². The number of nitrogens with two attached hydrogens (primary N) is 1. The Hall–Kier alpha value is -2.53. The molecule has 2 aromatic rings. The van der Waals surface area contributed by atoms with Crippen LogP contribution in [0.1, 0.15) is 56.3 Å². The lowest BCUT2D eigenvalue weighted by molar-refractivity contribution is -0.692. The quantitative estimate of drug-likeness (QED) is 0.736. The van der Waals surface area contributed by atoms with Gasteiger partial charge in [-0.2, -0.15) is 0 Å². The molecule has 0 unspecified atom stereocenters. The SMILES string of the molecule is CC(C)c1ccc([C@@H]([NH2+]CC(=O)NCc2ccc3c(c2)OCO3)C(C)C)cc1. The first-order chi connectivity index (χ1) is 13.4. The molecule has 3 N–H and O–H groups in total. The number of carbonyl (C=O) groups is 1. The van der Waals surface area contributed by atoms with Gasteiger partial charge in [0.25, 0.3) is 5.91 Å². The lowest BCUT2D eigenvalue weighted by atomic mass is 9.93. The molecule has 1 atom stereocenters. The second kappa shape index (κ2) is 9.11. The molecular formula is C23H31N2O3+. The fourth-order valence-corrected chi connectivity index (χ4v) is 3.45. The molecule has 1 heterocycles. The van der Waals surface area contributed by atoms with Crippen molar-refractivity contribution < 1.29 is 19.6 Å². The van der Waals surface area contributed by atoms with Crippen LogP contribution in [0.2, 0.25) is 0 Å². The highest BCUT2D eigenvalue weighted by molar-refractivity contribution is 5.76. The van der Waals surface area contributed by atoms with E-state index in [1.54, 1.807) is 0 Å². The Bertz CT molecular complexity index is 800. The van der Waals surface area contributed by atoms with Crippen LogP contribution >= 0.6 is 0 Å². The van der Waals surface area contributed by atoms with Crippen LogP contribution in [-0.2, 0) is 11.3 Å². The van der Waals surface area contributed by atoms with Crippen LogP contribution < -0.4 is 20.1 Å². The number of quaternary nitrogens is 1. The molecule has 1 aliphatic heterocycles. The van der Waals surface area contributed by atoms with E-state index in [9.17, 15) is 4.79 Å². The van der Waals surface area contributed by atoms with Gasteiger partial charge in [-0.15, -0.1) is 0 Å². The van der Waals surface area contributed by atoms with Gasteiger partial charge in [-0.1, -0.05) is 58.0 Å². The van der Waals surface area contributed by atoms with Gasteiger partial charge in [0.2, 0.25) is 6.79 Å². The molecule has 5 heteroatoms. The third kappa shape index (κ3) is 5.04. The van der Waals surface area contributed by atoms with Crippen molar-refractivity contribution in [1.29, 1.82) is 0 Å². The zero-order valence-corrected chi connectivity index (χ0v) is 17.2. The maximum Gasteiger partial charge on any atom is 0.275 e. The molecule has 0 saturated carbocycles. The van der Waals surface area contributed by atoms with Crippen LogP contribution in [0.25, 0.3) is 0 Å². The number of nitrogens with one attached hydrogen (secondary N) is 1. The molecule has 2 aromatic carbocycles. The lowest BCUT2D eigenvalue weighted by Crippen LogP contribution is -2.88. The van der Waals surface area contributed by atoms with E-state index in [4.69, 9.17) is 9.47 Å². The van der Waals surface area contributed by atoms with Crippen molar-refractivity contribution in [2.75, 3.05) is 13.3 Å². The minimum atomic E-state index is 0.0297. The molecule has 0 bridgehead atoms. The summed E-state index contributed by atoms with van der Waals surface area (Å²) in [6, 6.07) is 14.8. The summed E-state index contributed by atoms with van der Waals surface area (Å²) in [5.41, 5.74) is 3.61. The first kappa shape index (κ1) is 20.2. The first-order valence-electron chi connectivity index (χ1n) is 10.0. The van der Waals surface area contributed by atoms with Crippen LogP contribution in [0.3, 0.4) is 0 Å². The molecule has 5 nitrogen and oxygen atoms in total. The van der Waals surface area contributed by atoms with Gasteiger partial charge in [0.1, 0.15) is 6.04 Å². The van der Waals surface area contributed by atoms with Crippen molar-refractivity contribution in [2.24, 2.45) is 5.92 Å². The summed E-state index contributed by atoms with van der Waals surface area (Å²) in [6.45, 7) is 9.94. The summed E-state index contributed by atoms with van der Waals surface area (Å²) in [4.78, 5) is 12.4. The molecule has 3 rings (SSSR count). The van der Waals surface area contributed by atoms with Crippen molar-refractivity contribution in [3.05, 3.63) is 59.2 Å². The number of ether oxygens (including phenoxy) is 2. The van der Waals surface area contributed by atoms with E-state index in [-0.39, 0.29) is 18.7 Å². The van der Waals surface area contributed by atoms with Gasteiger partial charge >= 0.3 is 0 Å². The van der Waals surface area contributed by atoms with E-state index in [0.717, 1.165) is 17.1 Å². The number of hydrogen-bond donors (Lipinski definition) is 2. The topological polar surface area (TPSA) is 64.2 Å². The lowest BCUT2D eigenvalue weighted by Gasteiger charge is -2.20. The van der Waals surface area contributed by atoms with E-state index in [2.05, 4.69) is 62.6 Å². The smallest absolute Gasteiger partial charge is 0.275 e. The molecule has 0 aliphatic carbocycles. The first-order valence-corrected chi connectivity index (χ1v) is 10.0. The minimum absolute atomic E-state index is 0.0297. The van der Waals surface area contributed by atoms with Crippen LogP contribution in [0.5, 0.6) is 11.5 Å². The summed E-state index contributed by atoms with van der Waals surface area (Å²) in [6.07, 6.45) is 0. The molecular weight excluding hydrogens is 352 g/mol.